The van der Waals surface area contributed by atoms with E-state index in [1.165, 1.54) is 0 Å². The first-order valence-corrected chi connectivity index (χ1v) is 20.0. The Bertz CT molecular complexity index is 1620. The Hall–Kier alpha value is -4.32. The fourth-order valence-corrected chi connectivity index (χ4v) is 8.72. The number of carbonyl (C=O) groups is 4. The molecule has 4 aliphatic heterocycles. The van der Waals surface area contributed by atoms with Crippen LogP contribution in [0.1, 0.15) is 74.6 Å². The first kappa shape index (κ1) is 39.4. The molecule has 4 amide bonds. The van der Waals surface area contributed by atoms with Crippen molar-refractivity contribution in [3.8, 4) is 5.75 Å². The molecule has 0 unspecified atom stereocenters. The van der Waals surface area contributed by atoms with Crippen molar-refractivity contribution in [2.24, 2.45) is 17.8 Å². The standard InChI is InChI=1S/C42H59N5O7/c1-28(2)27-53-38(48)26-44-16-9-32(10-17-44)33-11-18-45(19-12-33)40(50)37(25-31-23-29(3)39(49)30(4)24-31)54-42(52)46-20-14-35(15-21-46)47-22-13-34-7-5-6-8-36(34)43-41(47)51/h5-8,23-24,28,32-33,35,37,49H,9-22,25-27H2,1-4H3,(H,43,51)/t37-/m1/s1. The molecule has 2 aromatic rings. The molecular formula is C42H59N5O7. The molecule has 1 atom stereocenters. The molecule has 4 heterocycles. The second-order valence-electron chi connectivity index (χ2n) is 16.3. The number of nitrogens with one attached hydrogen (secondary N) is 1. The molecule has 0 aromatic heterocycles. The van der Waals surface area contributed by atoms with Gasteiger partial charge in [-0.25, -0.2) is 9.59 Å². The molecule has 294 valence electrons. The Morgan fingerprint density at radius 1 is 0.852 bits per heavy atom. The number of fused-ring (bicyclic) bond motifs is 1. The van der Waals surface area contributed by atoms with Gasteiger partial charge in [-0.2, -0.15) is 0 Å². The third kappa shape index (κ3) is 9.85. The van der Waals surface area contributed by atoms with Crippen molar-refractivity contribution >= 4 is 29.7 Å². The molecule has 6 rings (SSSR count). The van der Waals surface area contributed by atoms with E-state index in [0.717, 1.165) is 62.0 Å². The lowest BCUT2D eigenvalue weighted by Crippen LogP contribution is -2.52. The maximum atomic E-state index is 14.2. The van der Waals surface area contributed by atoms with Crippen molar-refractivity contribution < 1.29 is 33.8 Å². The van der Waals surface area contributed by atoms with Gasteiger partial charge in [-0.15, -0.1) is 0 Å². The monoisotopic (exact) mass is 745 g/mol. The third-order valence-corrected chi connectivity index (χ3v) is 11.9. The molecule has 4 aliphatic rings. The SMILES string of the molecule is Cc1cc(C[C@@H](OC(=O)N2CCC(N3CCc4ccccc4NC3=O)CC2)C(=O)N2CCC(C3CCN(CC(=O)OCC(C)C)CC3)CC2)cc(C)c1O. The van der Waals surface area contributed by atoms with Gasteiger partial charge in [-0.3, -0.25) is 14.5 Å². The van der Waals surface area contributed by atoms with Crippen LogP contribution in [0.4, 0.5) is 15.3 Å². The number of ether oxygens (including phenoxy) is 2. The normalized spacial score (nSPS) is 19.9. The number of benzene rings is 2. The number of aryl methyl sites for hydroxylation is 2. The predicted molar refractivity (Wildman–Crippen MR) is 206 cm³/mol. The van der Waals surface area contributed by atoms with E-state index in [0.29, 0.717) is 87.6 Å². The van der Waals surface area contributed by atoms with Crippen LogP contribution < -0.4 is 5.32 Å². The number of carbonyl (C=O) groups excluding carboxylic acids is 4. The highest BCUT2D eigenvalue weighted by Gasteiger charge is 2.37. The van der Waals surface area contributed by atoms with E-state index in [1.807, 2.05) is 73.9 Å². The maximum Gasteiger partial charge on any atom is 0.410 e. The molecule has 0 saturated carbocycles. The number of rotatable bonds is 10. The summed E-state index contributed by atoms with van der Waals surface area (Å²) in [5.41, 5.74) is 4.22. The van der Waals surface area contributed by atoms with Gasteiger partial charge in [0.15, 0.2) is 6.10 Å². The lowest BCUT2D eigenvalue weighted by Gasteiger charge is -2.41. The summed E-state index contributed by atoms with van der Waals surface area (Å²) in [6.45, 7) is 13.0. The molecule has 2 N–H and O–H groups in total. The number of hydrogen-bond acceptors (Lipinski definition) is 8. The van der Waals surface area contributed by atoms with Gasteiger partial charge >= 0.3 is 18.1 Å². The Labute approximate surface area is 320 Å². The minimum absolute atomic E-state index is 0.00324. The molecule has 12 heteroatoms. The van der Waals surface area contributed by atoms with Crippen molar-refractivity contribution in [1.29, 1.82) is 0 Å². The molecule has 0 radical (unpaired) electrons. The molecule has 3 saturated heterocycles. The zero-order chi connectivity index (χ0) is 38.4. The Kier molecular flexibility index (Phi) is 13.0. The number of aromatic hydroxyl groups is 1. The third-order valence-electron chi connectivity index (χ3n) is 11.9. The van der Waals surface area contributed by atoms with Crippen LogP contribution >= 0.6 is 0 Å². The fourth-order valence-electron chi connectivity index (χ4n) is 8.72. The lowest BCUT2D eigenvalue weighted by atomic mass is 9.78. The average molecular weight is 746 g/mol. The van der Waals surface area contributed by atoms with Crippen LogP contribution in [-0.2, 0) is 31.9 Å². The first-order valence-electron chi connectivity index (χ1n) is 20.0. The summed E-state index contributed by atoms with van der Waals surface area (Å²) in [7, 11) is 0. The summed E-state index contributed by atoms with van der Waals surface area (Å²) in [6, 6.07) is 11.5. The van der Waals surface area contributed by atoms with Gasteiger partial charge in [0.1, 0.15) is 5.75 Å². The van der Waals surface area contributed by atoms with Crippen LogP contribution in [-0.4, -0.2) is 120 Å². The van der Waals surface area contributed by atoms with Crippen LogP contribution in [0.15, 0.2) is 36.4 Å². The summed E-state index contributed by atoms with van der Waals surface area (Å²) < 4.78 is 11.5. The van der Waals surface area contributed by atoms with E-state index >= 15 is 0 Å². The molecule has 2 aromatic carbocycles. The number of nitrogens with zero attached hydrogens (tertiary/aromatic N) is 4. The molecule has 3 fully saturated rings. The number of hydrogen-bond donors (Lipinski definition) is 2. The van der Waals surface area contributed by atoms with Crippen LogP contribution in [0.25, 0.3) is 0 Å². The van der Waals surface area contributed by atoms with Crippen molar-refractivity contribution in [3.63, 3.8) is 0 Å². The van der Waals surface area contributed by atoms with Crippen molar-refractivity contribution in [1.82, 2.24) is 19.6 Å². The number of phenolic OH excluding ortho intramolecular Hbond substituents is 1. The Balaban J connectivity index is 1.03. The Morgan fingerprint density at radius 2 is 1.46 bits per heavy atom. The quantitative estimate of drug-likeness (QED) is 0.294. The van der Waals surface area contributed by atoms with Crippen LogP contribution in [0, 0.1) is 31.6 Å². The minimum atomic E-state index is -0.997. The Morgan fingerprint density at radius 3 is 2.11 bits per heavy atom. The van der Waals surface area contributed by atoms with Crippen LogP contribution in [0.5, 0.6) is 5.75 Å². The summed E-state index contributed by atoms with van der Waals surface area (Å²) in [5.74, 6) is 1.28. The van der Waals surface area contributed by atoms with E-state index < -0.39 is 12.2 Å². The number of likely N-dealkylation sites (tertiary alicyclic amines) is 3. The zero-order valence-corrected chi connectivity index (χ0v) is 32.6. The number of phenols is 1. The van der Waals surface area contributed by atoms with Crippen molar-refractivity contribution in [2.45, 2.75) is 91.2 Å². The van der Waals surface area contributed by atoms with Gasteiger partial charge in [0.25, 0.3) is 5.91 Å². The second kappa shape index (κ2) is 17.9. The van der Waals surface area contributed by atoms with E-state index in [4.69, 9.17) is 9.47 Å². The average Bonchev–Trinajstić information content (AvgIpc) is 3.34. The minimum Gasteiger partial charge on any atom is -0.507 e. The molecule has 0 aliphatic carbocycles. The van der Waals surface area contributed by atoms with Gasteiger partial charge in [0.05, 0.1) is 13.2 Å². The van der Waals surface area contributed by atoms with E-state index in [1.54, 1.807) is 4.90 Å². The maximum absolute atomic E-state index is 14.2. The van der Waals surface area contributed by atoms with E-state index in [9.17, 15) is 24.3 Å². The number of piperidine rings is 3. The molecular weight excluding hydrogens is 686 g/mol. The topological polar surface area (TPSA) is 132 Å². The number of anilines is 1. The molecule has 54 heavy (non-hydrogen) atoms. The number of esters is 1. The first-order chi connectivity index (χ1) is 25.9. The highest BCUT2D eigenvalue weighted by atomic mass is 16.6. The second-order valence-corrected chi connectivity index (χ2v) is 16.3. The molecule has 12 nitrogen and oxygen atoms in total. The molecule has 0 spiro atoms. The van der Waals surface area contributed by atoms with Crippen molar-refractivity contribution in [3.05, 3.63) is 58.7 Å². The van der Waals surface area contributed by atoms with Gasteiger partial charge in [0, 0.05) is 50.9 Å². The van der Waals surface area contributed by atoms with Gasteiger partial charge < -0.3 is 34.6 Å². The van der Waals surface area contributed by atoms with Crippen molar-refractivity contribution in [2.75, 3.05) is 64.3 Å². The molecule has 0 bridgehead atoms. The van der Waals surface area contributed by atoms with Gasteiger partial charge in [-0.1, -0.05) is 44.2 Å². The highest BCUT2D eigenvalue weighted by molar-refractivity contribution is 5.91. The summed E-state index contributed by atoms with van der Waals surface area (Å²) >= 11 is 0. The van der Waals surface area contributed by atoms with Crippen LogP contribution in [0.2, 0.25) is 0 Å². The highest BCUT2D eigenvalue weighted by Crippen LogP contribution is 2.33. The van der Waals surface area contributed by atoms with E-state index in [-0.39, 0.29) is 36.1 Å². The summed E-state index contributed by atoms with van der Waals surface area (Å²) in [4.78, 5) is 60.9. The zero-order valence-electron chi connectivity index (χ0n) is 32.6. The summed E-state index contributed by atoms with van der Waals surface area (Å²) in [6.07, 6.45) is 4.59. The largest absolute Gasteiger partial charge is 0.507 e. The number of para-hydroxylation sites is 1. The fraction of sp³-hybridized carbons (Fsp3) is 0.619. The van der Waals surface area contributed by atoms with Gasteiger partial charge in [0.2, 0.25) is 0 Å². The number of amides is 4. The number of urea groups is 1. The lowest BCUT2D eigenvalue weighted by molar-refractivity contribution is -0.146. The smallest absolute Gasteiger partial charge is 0.410 e. The van der Waals surface area contributed by atoms with Gasteiger partial charge in [-0.05, 0) is 118 Å². The summed E-state index contributed by atoms with van der Waals surface area (Å²) in [5, 5.41) is 13.4. The van der Waals surface area contributed by atoms with Crippen LogP contribution in [0.3, 0.4) is 0 Å². The predicted octanol–water partition coefficient (Wildman–Crippen LogP) is 5.76. The van der Waals surface area contributed by atoms with E-state index in [2.05, 4.69) is 10.2 Å².